The molecule has 1 aromatic carbocycles. The van der Waals surface area contributed by atoms with Crippen molar-refractivity contribution in [3.63, 3.8) is 0 Å². The third kappa shape index (κ3) is 3.58. The molecule has 2 atom stereocenters. The smallest absolute Gasteiger partial charge is 0.414 e. The summed E-state index contributed by atoms with van der Waals surface area (Å²) in [6, 6.07) is 4.73. The molecule has 1 aromatic rings. The van der Waals surface area contributed by atoms with E-state index >= 15 is 0 Å². The summed E-state index contributed by atoms with van der Waals surface area (Å²) in [6.07, 6.45) is 0.643. The summed E-state index contributed by atoms with van der Waals surface area (Å²) in [5.41, 5.74) is 0.936. The van der Waals surface area contributed by atoms with Crippen LogP contribution in [0, 0.1) is 5.82 Å². The van der Waals surface area contributed by atoms with Gasteiger partial charge in [-0.05, 0) is 29.4 Å². The first-order valence-corrected chi connectivity index (χ1v) is 10.4. The Morgan fingerprint density at radius 3 is 2.74 bits per heavy atom. The van der Waals surface area contributed by atoms with Crippen LogP contribution in [0.1, 0.15) is 19.8 Å². The van der Waals surface area contributed by atoms with Crippen LogP contribution in [0.25, 0.3) is 0 Å². The molecule has 4 rings (SSSR count). The molecular weight excluding hydrogens is 373 g/mol. The molecule has 3 aliphatic rings. The van der Waals surface area contributed by atoms with Crippen molar-refractivity contribution in [2.75, 3.05) is 41.7 Å². The molecule has 27 heavy (non-hydrogen) atoms. The summed E-state index contributed by atoms with van der Waals surface area (Å²) in [6.45, 7) is 3.26. The van der Waals surface area contributed by atoms with Gasteiger partial charge >= 0.3 is 6.09 Å². The van der Waals surface area contributed by atoms with Gasteiger partial charge in [-0.2, -0.15) is 0 Å². The van der Waals surface area contributed by atoms with E-state index in [1.54, 1.807) is 12.1 Å². The molecule has 7 nitrogen and oxygen atoms in total. The molecule has 2 amide bonds. The Balaban J connectivity index is 1.41. The Kier molecular flexibility index (Phi) is 4.67. The van der Waals surface area contributed by atoms with E-state index in [2.05, 4.69) is 5.32 Å². The van der Waals surface area contributed by atoms with Crippen molar-refractivity contribution >= 4 is 34.6 Å². The van der Waals surface area contributed by atoms with E-state index in [4.69, 9.17) is 4.74 Å². The monoisotopic (exact) mass is 395 g/mol. The molecule has 3 heterocycles. The van der Waals surface area contributed by atoms with Crippen LogP contribution in [-0.4, -0.2) is 59.3 Å². The molecule has 3 saturated heterocycles. The van der Waals surface area contributed by atoms with Gasteiger partial charge in [-0.1, -0.05) is 0 Å². The lowest BCUT2D eigenvalue weighted by Crippen LogP contribution is -2.39. The highest BCUT2D eigenvalue weighted by Gasteiger charge is 2.61. The van der Waals surface area contributed by atoms with Crippen LogP contribution in [0.2, 0.25) is 0 Å². The third-order valence-electron chi connectivity index (χ3n) is 5.50. The molecule has 1 N–H and O–H groups in total. The van der Waals surface area contributed by atoms with Gasteiger partial charge in [-0.25, -0.2) is 9.18 Å². The van der Waals surface area contributed by atoms with Gasteiger partial charge in [-0.3, -0.25) is 9.69 Å². The number of halogens is 1. The van der Waals surface area contributed by atoms with Gasteiger partial charge in [-0.15, -0.1) is 0 Å². The number of benzene rings is 1. The summed E-state index contributed by atoms with van der Waals surface area (Å²) in [5, 5.41) is 2.61. The lowest BCUT2D eigenvalue weighted by atomic mass is 9.98. The maximum Gasteiger partial charge on any atom is 0.414 e. The Labute approximate surface area is 160 Å². The second kappa shape index (κ2) is 6.87. The minimum atomic E-state index is -0.705. The third-order valence-corrected chi connectivity index (χ3v) is 7.48. The highest BCUT2D eigenvalue weighted by Crippen LogP contribution is 2.46. The average Bonchev–Trinajstić information content (AvgIpc) is 3.08. The second-order valence-corrected chi connectivity index (χ2v) is 9.19. The van der Waals surface area contributed by atoms with E-state index in [0.717, 1.165) is 18.6 Å². The van der Waals surface area contributed by atoms with Crippen molar-refractivity contribution in [3.05, 3.63) is 24.0 Å². The Bertz CT molecular complexity index is 769. The van der Waals surface area contributed by atoms with E-state index in [9.17, 15) is 18.5 Å². The minimum Gasteiger partial charge on any atom is -0.616 e. The van der Waals surface area contributed by atoms with Gasteiger partial charge in [0.25, 0.3) is 0 Å². The van der Waals surface area contributed by atoms with Crippen LogP contribution in [0.4, 0.5) is 20.6 Å². The lowest BCUT2D eigenvalue weighted by Gasteiger charge is -2.31. The fraction of sp³-hybridized carbons (Fsp3) is 0.556. The normalized spacial score (nSPS) is 26.3. The first-order chi connectivity index (χ1) is 12.9. The summed E-state index contributed by atoms with van der Waals surface area (Å²) in [5.74, 6) is 0.190. The minimum absolute atomic E-state index is 0.0187. The molecule has 0 saturated carbocycles. The SMILES string of the molecule is CC(=O)NC[C@H]1CN(c2ccc(N3CCC4(CC3)C[S+]4[O-])c(F)c2)C(=O)O1. The molecule has 9 heteroatoms. The molecule has 146 valence electrons. The van der Waals surface area contributed by atoms with Crippen molar-refractivity contribution < 1.29 is 23.3 Å². The molecule has 1 unspecified atom stereocenters. The summed E-state index contributed by atoms with van der Waals surface area (Å²) >= 11 is -0.705. The Morgan fingerprint density at radius 1 is 1.44 bits per heavy atom. The van der Waals surface area contributed by atoms with Gasteiger partial charge < -0.3 is 19.5 Å². The van der Waals surface area contributed by atoms with Gasteiger partial charge in [0.2, 0.25) is 5.91 Å². The molecular formula is C18H22FN3O4S. The zero-order valence-corrected chi connectivity index (χ0v) is 15.9. The van der Waals surface area contributed by atoms with Crippen molar-refractivity contribution in [2.45, 2.75) is 30.6 Å². The van der Waals surface area contributed by atoms with E-state index in [1.807, 2.05) is 4.90 Å². The second-order valence-electron chi connectivity index (χ2n) is 7.35. The predicted molar refractivity (Wildman–Crippen MR) is 99.9 cm³/mol. The predicted octanol–water partition coefficient (Wildman–Crippen LogP) is 1.39. The van der Waals surface area contributed by atoms with Crippen LogP contribution in [-0.2, 0) is 20.7 Å². The lowest BCUT2D eigenvalue weighted by molar-refractivity contribution is -0.119. The van der Waals surface area contributed by atoms with Crippen LogP contribution in [0.5, 0.6) is 0 Å². The Hall–Kier alpha value is -2.00. The number of carbonyl (C=O) groups is 2. The number of piperidine rings is 1. The molecule has 0 radical (unpaired) electrons. The topological polar surface area (TPSA) is 84.9 Å². The molecule has 3 fully saturated rings. The fourth-order valence-electron chi connectivity index (χ4n) is 3.75. The number of nitrogens with one attached hydrogen (secondary N) is 1. The van der Waals surface area contributed by atoms with E-state index in [1.165, 1.54) is 17.9 Å². The molecule has 0 aromatic heterocycles. The van der Waals surface area contributed by atoms with Crippen molar-refractivity contribution in [3.8, 4) is 0 Å². The summed E-state index contributed by atoms with van der Waals surface area (Å²) in [4.78, 5) is 26.4. The van der Waals surface area contributed by atoms with Crippen LogP contribution in [0.3, 0.4) is 0 Å². The fourth-order valence-corrected chi connectivity index (χ4v) is 5.24. The van der Waals surface area contributed by atoms with Crippen molar-refractivity contribution in [1.29, 1.82) is 0 Å². The number of hydrogen-bond donors (Lipinski definition) is 1. The Morgan fingerprint density at radius 2 is 2.15 bits per heavy atom. The average molecular weight is 395 g/mol. The number of amides is 2. The number of cyclic esters (lactones) is 1. The first kappa shape index (κ1) is 18.4. The zero-order valence-electron chi connectivity index (χ0n) is 15.1. The number of nitrogens with zero attached hydrogens (tertiary/aromatic N) is 2. The van der Waals surface area contributed by atoms with Gasteiger partial charge in [0.15, 0.2) is 10.5 Å². The first-order valence-electron chi connectivity index (χ1n) is 9.03. The van der Waals surface area contributed by atoms with E-state index < -0.39 is 29.2 Å². The molecule has 0 aliphatic carbocycles. The number of ether oxygens (including phenoxy) is 1. The number of rotatable bonds is 4. The zero-order chi connectivity index (χ0) is 19.2. The van der Waals surface area contributed by atoms with E-state index in [-0.39, 0.29) is 23.7 Å². The highest BCUT2D eigenvalue weighted by atomic mass is 32.2. The summed E-state index contributed by atoms with van der Waals surface area (Å²) < 4.78 is 31.6. The maximum atomic E-state index is 14.7. The number of anilines is 2. The van der Waals surface area contributed by atoms with Crippen molar-refractivity contribution in [1.82, 2.24) is 5.32 Å². The molecule has 0 bridgehead atoms. The van der Waals surface area contributed by atoms with Gasteiger partial charge in [0, 0.05) is 32.9 Å². The van der Waals surface area contributed by atoms with Crippen LogP contribution >= 0.6 is 0 Å². The standard InChI is InChI=1S/C18H22FN3O4S/c1-12(23)20-9-14-10-22(17(24)26-14)13-2-3-16(15(19)8-13)21-6-4-18(5-7-21)11-27(18)25/h2-3,8,14H,4-7,9-11H2,1H3,(H,20,23)/t14-,27?/m0/s1. The van der Waals surface area contributed by atoms with Gasteiger partial charge in [0.05, 0.1) is 24.5 Å². The van der Waals surface area contributed by atoms with Crippen LogP contribution in [0.15, 0.2) is 18.2 Å². The summed E-state index contributed by atoms with van der Waals surface area (Å²) in [7, 11) is 0. The number of carbonyl (C=O) groups excluding carboxylic acids is 2. The van der Waals surface area contributed by atoms with Gasteiger partial charge in [0.1, 0.15) is 11.9 Å². The van der Waals surface area contributed by atoms with E-state index in [0.29, 0.717) is 24.5 Å². The number of hydrogen-bond acceptors (Lipinski definition) is 5. The quantitative estimate of drug-likeness (QED) is 0.615. The highest BCUT2D eigenvalue weighted by molar-refractivity contribution is 8.00. The van der Waals surface area contributed by atoms with Crippen molar-refractivity contribution in [2.24, 2.45) is 0 Å². The largest absolute Gasteiger partial charge is 0.616 e. The van der Waals surface area contributed by atoms with Crippen LogP contribution < -0.4 is 15.1 Å². The maximum absolute atomic E-state index is 14.7. The molecule has 1 spiro atoms. The molecule has 3 aliphatic heterocycles.